The van der Waals surface area contributed by atoms with Gasteiger partial charge in [0.1, 0.15) is 0 Å². The van der Waals surface area contributed by atoms with Crippen molar-refractivity contribution in [2.45, 2.75) is 78.3 Å². The third-order valence-corrected chi connectivity index (χ3v) is 5.38. The molecule has 2 fully saturated rings. The lowest BCUT2D eigenvalue weighted by Crippen LogP contribution is -2.44. The van der Waals surface area contributed by atoms with Gasteiger partial charge in [-0.2, -0.15) is 0 Å². The van der Waals surface area contributed by atoms with E-state index in [1.165, 1.54) is 38.5 Å². The summed E-state index contributed by atoms with van der Waals surface area (Å²) in [4.78, 5) is 0. The predicted octanol–water partition coefficient (Wildman–Crippen LogP) is 4.23. The molecule has 5 atom stereocenters. The molecule has 2 saturated carbocycles. The van der Waals surface area contributed by atoms with Gasteiger partial charge in [0.2, 0.25) is 0 Å². The highest BCUT2D eigenvalue weighted by atomic mass is 15.0. The van der Waals surface area contributed by atoms with Crippen LogP contribution in [0.5, 0.6) is 0 Å². The maximum absolute atomic E-state index is 3.99. The molecule has 0 aromatic rings. The Morgan fingerprint density at radius 3 is 2.12 bits per heavy atom. The second-order valence-electron chi connectivity index (χ2n) is 6.99. The molecule has 0 aliphatic heterocycles. The van der Waals surface area contributed by atoms with Crippen molar-refractivity contribution >= 4 is 0 Å². The number of hydrogen-bond donors (Lipinski definition) is 1. The lowest BCUT2D eigenvalue weighted by Gasteiger charge is -2.35. The van der Waals surface area contributed by atoms with Gasteiger partial charge in [0, 0.05) is 12.1 Å². The van der Waals surface area contributed by atoms with Crippen LogP contribution >= 0.6 is 0 Å². The lowest BCUT2D eigenvalue weighted by atomic mass is 9.80. The molecule has 2 aliphatic rings. The first-order valence-corrected chi connectivity index (χ1v) is 7.86. The largest absolute Gasteiger partial charge is 0.311 e. The molecule has 0 spiro atoms. The lowest BCUT2D eigenvalue weighted by molar-refractivity contribution is 0.210. The van der Waals surface area contributed by atoms with Crippen molar-refractivity contribution in [2.24, 2.45) is 23.7 Å². The van der Waals surface area contributed by atoms with E-state index >= 15 is 0 Å². The van der Waals surface area contributed by atoms with Crippen molar-refractivity contribution in [1.82, 2.24) is 5.32 Å². The molecule has 1 nitrogen and oxygen atoms in total. The Balaban J connectivity index is 1.84. The molecule has 2 aliphatic carbocycles. The molecule has 5 unspecified atom stereocenters. The Morgan fingerprint density at radius 1 is 0.941 bits per heavy atom. The van der Waals surface area contributed by atoms with Crippen LogP contribution in [0.2, 0.25) is 0 Å². The topological polar surface area (TPSA) is 12.0 Å². The second kappa shape index (κ2) is 5.73. The standard InChI is InChI=1S/C16H31N/c1-5-14-6-7-16(13(14)4)17-15-9-11(2)8-12(3)10-15/h11-17H,5-10H2,1-4H3. The molecule has 0 amide bonds. The second-order valence-corrected chi connectivity index (χ2v) is 6.99. The van der Waals surface area contributed by atoms with E-state index in [0.29, 0.717) is 0 Å². The molecule has 17 heavy (non-hydrogen) atoms. The fraction of sp³-hybridized carbons (Fsp3) is 1.00. The number of nitrogens with one attached hydrogen (secondary N) is 1. The Morgan fingerprint density at radius 2 is 1.59 bits per heavy atom. The van der Waals surface area contributed by atoms with Crippen molar-refractivity contribution < 1.29 is 0 Å². The van der Waals surface area contributed by atoms with E-state index in [2.05, 4.69) is 33.0 Å². The van der Waals surface area contributed by atoms with Gasteiger partial charge in [-0.1, -0.05) is 34.1 Å². The Labute approximate surface area is 108 Å². The highest BCUT2D eigenvalue weighted by Gasteiger charge is 2.34. The highest BCUT2D eigenvalue weighted by Crippen LogP contribution is 2.36. The maximum atomic E-state index is 3.99. The molecule has 1 N–H and O–H groups in total. The average molecular weight is 237 g/mol. The predicted molar refractivity (Wildman–Crippen MR) is 75.1 cm³/mol. The van der Waals surface area contributed by atoms with Crippen LogP contribution in [-0.2, 0) is 0 Å². The molecular weight excluding hydrogens is 206 g/mol. The van der Waals surface area contributed by atoms with Gasteiger partial charge < -0.3 is 5.32 Å². The van der Waals surface area contributed by atoms with Gasteiger partial charge in [0.05, 0.1) is 0 Å². The molecule has 0 aromatic carbocycles. The van der Waals surface area contributed by atoms with Crippen molar-refractivity contribution in [3.8, 4) is 0 Å². The van der Waals surface area contributed by atoms with Gasteiger partial charge in [0.25, 0.3) is 0 Å². The van der Waals surface area contributed by atoms with Gasteiger partial charge in [-0.15, -0.1) is 0 Å². The Hall–Kier alpha value is -0.0400. The van der Waals surface area contributed by atoms with Gasteiger partial charge in [0.15, 0.2) is 0 Å². The van der Waals surface area contributed by atoms with Gasteiger partial charge in [-0.05, 0) is 55.8 Å². The summed E-state index contributed by atoms with van der Waals surface area (Å²) in [7, 11) is 0. The van der Waals surface area contributed by atoms with E-state index in [4.69, 9.17) is 0 Å². The van der Waals surface area contributed by atoms with Crippen LogP contribution in [0.1, 0.15) is 66.2 Å². The quantitative estimate of drug-likeness (QED) is 0.774. The van der Waals surface area contributed by atoms with Crippen molar-refractivity contribution in [1.29, 1.82) is 0 Å². The van der Waals surface area contributed by atoms with E-state index in [-0.39, 0.29) is 0 Å². The summed E-state index contributed by atoms with van der Waals surface area (Å²) in [5.74, 6) is 3.73. The zero-order valence-electron chi connectivity index (χ0n) is 12.2. The fourth-order valence-corrected chi connectivity index (χ4v) is 4.44. The zero-order valence-corrected chi connectivity index (χ0v) is 12.2. The molecule has 0 saturated heterocycles. The van der Waals surface area contributed by atoms with Crippen LogP contribution in [0, 0.1) is 23.7 Å². The van der Waals surface area contributed by atoms with E-state index in [9.17, 15) is 0 Å². The monoisotopic (exact) mass is 237 g/mol. The SMILES string of the molecule is CCC1CCC(NC2CC(C)CC(C)C2)C1C. The highest BCUT2D eigenvalue weighted by molar-refractivity contribution is 4.90. The number of rotatable bonds is 3. The zero-order chi connectivity index (χ0) is 12.4. The summed E-state index contributed by atoms with van der Waals surface area (Å²) in [6, 6.07) is 1.61. The Kier molecular flexibility index (Phi) is 4.52. The molecule has 2 rings (SSSR count). The average Bonchev–Trinajstić information content (AvgIpc) is 2.58. The first kappa shape index (κ1) is 13.4. The molecular formula is C16H31N. The first-order chi connectivity index (χ1) is 8.10. The summed E-state index contributed by atoms with van der Waals surface area (Å²) in [5.41, 5.74) is 0. The summed E-state index contributed by atoms with van der Waals surface area (Å²) >= 11 is 0. The maximum Gasteiger partial charge on any atom is 0.00980 e. The minimum atomic E-state index is 0.803. The van der Waals surface area contributed by atoms with Crippen molar-refractivity contribution in [3.63, 3.8) is 0 Å². The van der Waals surface area contributed by atoms with Crippen LogP contribution in [0.15, 0.2) is 0 Å². The third-order valence-electron chi connectivity index (χ3n) is 5.38. The van der Waals surface area contributed by atoms with E-state index in [1.807, 2.05) is 0 Å². The molecule has 0 aromatic heterocycles. The van der Waals surface area contributed by atoms with Crippen LogP contribution in [0.3, 0.4) is 0 Å². The van der Waals surface area contributed by atoms with Crippen molar-refractivity contribution in [2.75, 3.05) is 0 Å². The molecule has 100 valence electrons. The third kappa shape index (κ3) is 3.24. The van der Waals surface area contributed by atoms with Gasteiger partial charge in [-0.3, -0.25) is 0 Å². The van der Waals surface area contributed by atoms with Crippen molar-refractivity contribution in [3.05, 3.63) is 0 Å². The first-order valence-electron chi connectivity index (χ1n) is 7.86. The minimum Gasteiger partial charge on any atom is -0.311 e. The van der Waals surface area contributed by atoms with E-state index in [1.54, 1.807) is 0 Å². The van der Waals surface area contributed by atoms with Crippen LogP contribution < -0.4 is 5.32 Å². The molecule has 0 bridgehead atoms. The minimum absolute atomic E-state index is 0.803. The van der Waals surface area contributed by atoms with Gasteiger partial charge >= 0.3 is 0 Å². The van der Waals surface area contributed by atoms with E-state index in [0.717, 1.165) is 35.8 Å². The van der Waals surface area contributed by atoms with E-state index < -0.39 is 0 Å². The fourth-order valence-electron chi connectivity index (χ4n) is 4.44. The van der Waals surface area contributed by atoms with Crippen LogP contribution in [0.4, 0.5) is 0 Å². The molecule has 0 heterocycles. The van der Waals surface area contributed by atoms with Crippen LogP contribution in [-0.4, -0.2) is 12.1 Å². The Bertz CT molecular complexity index is 228. The smallest absolute Gasteiger partial charge is 0.00980 e. The molecule has 1 heteroatoms. The normalized spacial score (nSPS) is 47.3. The van der Waals surface area contributed by atoms with Crippen LogP contribution in [0.25, 0.3) is 0 Å². The summed E-state index contributed by atoms with van der Waals surface area (Å²) in [6.45, 7) is 9.68. The summed E-state index contributed by atoms with van der Waals surface area (Å²) < 4.78 is 0. The molecule has 0 radical (unpaired) electrons. The van der Waals surface area contributed by atoms with Gasteiger partial charge in [-0.25, -0.2) is 0 Å². The number of hydrogen-bond acceptors (Lipinski definition) is 1. The summed E-state index contributed by atoms with van der Waals surface area (Å²) in [6.07, 6.45) is 8.49. The summed E-state index contributed by atoms with van der Waals surface area (Å²) in [5, 5.41) is 3.99.